The number of aromatic nitrogens is 2. The molecule has 0 atom stereocenters. The van der Waals surface area contributed by atoms with Gasteiger partial charge in [-0.25, -0.2) is 4.98 Å². The van der Waals surface area contributed by atoms with E-state index >= 15 is 0 Å². The second-order valence-corrected chi connectivity index (χ2v) is 9.22. The molecule has 0 amide bonds. The summed E-state index contributed by atoms with van der Waals surface area (Å²) in [7, 11) is 0. The van der Waals surface area contributed by atoms with Gasteiger partial charge in [0, 0.05) is 11.7 Å². The van der Waals surface area contributed by atoms with Crippen LogP contribution in [-0.2, 0) is 0 Å². The molecule has 0 radical (unpaired) electrons. The molecule has 0 fully saturated rings. The van der Waals surface area contributed by atoms with Gasteiger partial charge in [-0.2, -0.15) is 0 Å². The van der Waals surface area contributed by atoms with Crippen molar-refractivity contribution in [1.29, 1.82) is 0 Å². The van der Waals surface area contributed by atoms with Crippen molar-refractivity contribution >= 4 is 23.1 Å². The second-order valence-electron chi connectivity index (χ2n) is 9.22. The molecule has 0 aliphatic heterocycles. The van der Waals surface area contributed by atoms with Gasteiger partial charge < -0.3 is 5.32 Å². The Morgan fingerprint density at radius 2 is 1.67 bits per heavy atom. The van der Waals surface area contributed by atoms with Gasteiger partial charge in [0.05, 0.1) is 0 Å². The van der Waals surface area contributed by atoms with Crippen molar-refractivity contribution in [2.45, 2.75) is 53.5 Å². The Morgan fingerprint density at radius 1 is 1.00 bits per heavy atom. The van der Waals surface area contributed by atoms with Crippen LogP contribution in [0, 0.1) is 5.41 Å². The van der Waals surface area contributed by atoms with E-state index in [0.717, 1.165) is 29.2 Å². The average Bonchev–Trinajstić information content (AvgIpc) is 2.92. The van der Waals surface area contributed by atoms with E-state index in [1.165, 1.54) is 5.56 Å². The highest BCUT2D eigenvalue weighted by Gasteiger charge is 2.27. The lowest BCUT2D eigenvalue weighted by atomic mass is 9.82. The smallest absolute Gasteiger partial charge is 0.139 e. The minimum absolute atomic E-state index is 0.0498. The maximum Gasteiger partial charge on any atom is 0.139 e. The Labute approximate surface area is 163 Å². The molecule has 1 aromatic carbocycles. The Bertz CT molecular complexity index is 941. The molecule has 0 spiro atoms. The van der Waals surface area contributed by atoms with Gasteiger partial charge in [0.1, 0.15) is 17.2 Å². The molecule has 3 heteroatoms. The van der Waals surface area contributed by atoms with Crippen molar-refractivity contribution < 1.29 is 0 Å². The molecule has 3 aromatic rings. The number of rotatable bonds is 5. The summed E-state index contributed by atoms with van der Waals surface area (Å²) in [5, 5.41) is 3.79. The molecule has 0 bridgehead atoms. The average molecular weight is 362 g/mol. The summed E-state index contributed by atoms with van der Waals surface area (Å²) in [6.45, 7) is 13.5. The lowest BCUT2D eigenvalue weighted by Crippen LogP contribution is -2.36. The highest BCUT2D eigenvalue weighted by atomic mass is 15.2. The molecule has 142 valence electrons. The van der Waals surface area contributed by atoms with Gasteiger partial charge in [0.25, 0.3) is 0 Å². The second kappa shape index (κ2) is 7.22. The Morgan fingerprint density at radius 3 is 2.33 bits per heavy atom. The summed E-state index contributed by atoms with van der Waals surface area (Å²) in [5.41, 5.74) is 4.50. The highest BCUT2D eigenvalue weighted by Crippen LogP contribution is 2.33. The monoisotopic (exact) mass is 361 g/mol. The van der Waals surface area contributed by atoms with E-state index < -0.39 is 0 Å². The number of benzene rings is 1. The fourth-order valence-electron chi connectivity index (χ4n) is 3.95. The van der Waals surface area contributed by atoms with E-state index in [0.29, 0.717) is 0 Å². The minimum Gasteiger partial charge on any atom is -0.364 e. The summed E-state index contributed by atoms with van der Waals surface area (Å²) in [5.74, 6) is 1.06. The number of hydrogen-bond donors (Lipinski definition) is 1. The Hall–Kier alpha value is -2.55. The molecule has 0 saturated heterocycles. The largest absolute Gasteiger partial charge is 0.364 e. The van der Waals surface area contributed by atoms with Crippen molar-refractivity contribution in [3.8, 4) is 0 Å². The van der Waals surface area contributed by atoms with E-state index in [1.807, 2.05) is 12.1 Å². The molecule has 27 heavy (non-hydrogen) atoms. The molecule has 0 aliphatic rings. The van der Waals surface area contributed by atoms with E-state index in [2.05, 4.69) is 99.9 Å². The Kier molecular flexibility index (Phi) is 5.14. The number of nitrogens with one attached hydrogen (secondary N) is 1. The molecule has 0 aliphatic carbocycles. The SMILES string of the molecule is C/C(=C\c1ccccc1)c1nc2ccccn2c1NC(C)(C)CC(C)(C)C. The van der Waals surface area contributed by atoms with Gasteiger partial charge >= 0.3 is 0 Å². The molecular formula is C24H31N3. The fraction of sp³-hybridized carbons (Fsp3) is 0.375. The van der Waals surface area contributed by atoms with Crippen LogP contribution in [-0.4, -0.2) is 14.9 Å². The van der Waals surface area contributed by atoms with Gasteiger partial charge in [0.2, 0.25) is 0 Å². The molecule has 2 aromatic heterocycles. The van der Waals surface area contributed by atoms with Gasteiger partial charge in [-0.15, -0.1) is 0 Å². The van der Waals surface area contributed by atoms with Crippen LogP contribution >= 0.6 is 0 Å². The first-order chi connectivity index (χ1) is 12.6. The van der Waals surface area contributed by atoms with E-state index in [4.69, 9.17) is 4.98 Å². The third-order valence-corrected chi connectivity index (χ3v) is 4.52. The van der Waals surface area contributed by atoms with Gasteiger partial charge in [-0.05, 0) is 62.0 Å². The van der Waals surface area contributed by atoms with E-state index in [1.54, 1.807) is 0 Å². The van der Waals surface area contributed by atoms with Gasteiger partial charge in [-0.3, -0.25) is 4.40 Å². The topological polar surface area (TPSA) is 29.3 Å². The fourth-order valence-corrected chi connectivity index (χ4v) is 3.95. The first-order valence-corrected chi connectivity index (χ1v) is 9.64. The number of hydrogen-bond acceptors (Lipinski definition) is 2. The molecule has 0 saturated carbocycles. The lowest BCUT2D eigenvalue weighted by molar-refractivity contribution is 0.302. The Balaban J connectivity index is 2.06. The van der Waals surface area contributed by atoms with Crippen molar-refractivity contribution in [1.82, 2.24) is 9.38 Å². The van der Waals surface area contributed by atoms with Crippen molar-refractivity contribution in [2.75, 3.05) is 5.32 Å². The third-order valence-electron chi connectivity index (χ3n) is 4.52. The van der Waals surface area contributed by atoms with Crippen molar-refractivity contribution in [3.05, 3.63) is 66.0 Å². The summed E-state index contributed by atoms with van der Waals surface area (Å²) < 4.78 is 2.15. The van der Waals surface area contributed by atoms with Gasteiger partial charge in [0.15, 0.2) is 0 Å². The van der Waals surface area contributed by atoms with E-state index in [9.17, 15) is 0 Å². The number of fused-ring (bicyclic) bond motifs is 1. The number of nitrogens with zero attached hydrogens (tertiary/aromatic N) is 2. The van der Waals surface area contributed by atoms with Crippen LogP contribution < -0.4 is 5.32 Å². The molecule has 0 unspecified atom stereocenters. The zero-order chi connectivity index (χ0) is 19.7. The van der Waals surface area contributed by atoms with Crippen LogP contribution in [0.25, 0.3) is 17.3 Å². The minimum atomic E-state index is -0.0498. The lowest BCUT2D eigenvalue weighted by Gasteiger charge is -2.34. The molecular weight excluding hydrogens is 330 g/mol. The first kappa shape index (κ1) is 19.2. The normalized spacial score (nSPS) is 13.2. The van der Waals surface area contributed by atoms with Crippen molar-refractivity contribution in [3.63, 3.8) is 0 Å². The quantitative estimate of drug-likeness (QED) is 0.560. The summed E-state index contributed by atoms with van der Waals surface area (Å²) >= 11 is 0. The summed E-state index contributed by atoms with van der Waals surface area (Å²) in [4.78, 5) is 4.92. The zero-order valence-corrected chi connectivity index (χ0v) is 17.4. The first-order valence-electron chi connectivity index (χ1n) is 9.64. The summed E-state index contributed by atoms with van der Waals surface area (Å²) in [6, 6.07) is 16.6. The number of anilines is 1. The maximum atomic E-state index is 4.92. The van der Waals surface area contributed by atoms with Crippen LogP contribution in [0.1, 0.15) is 59.2 Å². The highest BCUT2D eigenvalue weighted by molar-refractivity contribution is 5.84. The van der Waals surface area contributed by atoms with Crippen LogP contribution in [0.15, 0.2) is 54.7 Å². The van der Waals surface area contributed by atoms with Crippen LogP contribution in [0.2, 0.25) is 0 Å². The predicted molar refractivity (Wildman–Crippen MR) is 117 cm³/mol. The third kappa shape index (κ3) is 4.79. The van der Waals surface area contributed by atoms with Crippen molar-refractivity contribution in [2.24, 2.45) is 5.41 Å². The number of allylic oxidation sites excluding steroid dienone is 1. The number of pyridine rings is 1. The zero-order valence-electron chi connectivity index (χ0n) is 17.4. The van der Waals surface area contributed by atoms with Crippen LogP contribution in [0.5, 0.6) is 0 Å². The van der Waals surface area contributed by atoms with Crippen LogP contribution in [0.3, 0.4) is 0 Å². The molecule has 3 nitrogen and oxygen atoms in total. The predicted octanol–water partition coefficient (Wildman–Crippen LogP) is 6.52. The number of imidazole rings is 1. The molecule has 2 heterocycles. The summed E-state index contributed by atoms with van der Waals surface area (Å²) in [6.07, 6.45) is 5.34. The van der Waals surface area contributed by atoms with Gasteiger partial charge in [-0.1, -0.05) is 57.2 Å². The molecule has 3 rings (SSSR count). The molecule has 1 N–H and O–H groups in total. The van der Waals surface area contributed by atoms with E-state index in [-0.39, 0.29) is 11.0 Å². The maximum absolute atomic E-state index is 4.92. The standard InChI is InChI=1S/C24H31N3/c1-18(16-19-12-8-7-9-13-19)21-22(26-24(5,6)17-23(2,3)4)27-15-11-10-14-20(27)25-21/h7-16,26H,17H2,1-6H3/b18-16+. The van der Waals surface area contributed by atoms with Crippen LogP contribution in [0.4, 0.5) is 5.82 Å².